The highest BCUT2D eigenvalue weighted by Crippen LogP contribution is 2.13. The molecule has 1 saturated heterocycles. The zero-order chi connectivity index (χ0) is 18.9. The van der Waals surface area contributed by atoms with Crippen molar-refractivity contribution in [3.05, 3.63) is 72.3 Å². The number of nitrogens with zero attached hydrogens (tertiary/aromatic N) is 1. The summed E-state index contributed by atoms with van der Waals surface area (Å²) in [6.45, 7) is 2.50. The number of hydrogen-bond donors (Lipinski definition) is 3. The molecule has 3 rings (SSSR count). The molecular formula is C17H19FN4O4. The lowest BCUT2D eigenvalue weighted by molar-refractivity contribution is -0.386. The first-order valence-corrected chi connectivity index (χ1v) is 8.13. The molecule has 0 atom stereocenters. The summed E-state index contributed by atoms with van der Waals surface area (Å²) in [4.78, 5) is 36.3. The summed E-state index contributed by atoms with van der Waals surface area (Å²) in [6.07, 6.45) is 6.84. The Hall–Kier alpha value is -3.07. The molecule has 0 bridgehead atoms. The van der Waals surface area contributed by atoms with Crippen LogP contribution in [0.5, 0.6) is 0 Å². The number of aromatic amines is 2. The third-order valence-corrected chi connectivity index (χ3v) is 3.65. The minimum Gasteiger partial charge on any atom is -0.317 e. The molecule has 0 aliphatic carbocycles. The number of rotatable bonds is 3. The second-order valence-corrected chi connectivity index (χ2v) is 5.62. The van der Waals surface area contributed by atoms with Gasteiger partial charge in [0.25, 0.3) is 0 Å². The molecule has 2 aromatic rings. The first-order valence-electron chi connectivity index (χ1n) is 8.13. The van der Waals surface area contributed by atoms with E-state index in [1.807, 2.05) is 0 Å². The predicted molar refractivity (Wildman–Crippen MR) is 96.4 cm³/mol. The highest BCUT2D eigenvalue weighted by atomic mass is 19.1. The maximum absolute atomic E-state index is 12.7. The summed E-state index contributed by atoms with van der Waals surface area (Å²) in [5.74, 6) is -0.419. The third kappa shape index (κ3) is 5.78. The van der Waals surface area contributed by atoms with Gasteiger partial charge in [-0.25, -0.2) is 9.18 Å². The fraction of sp³-hybridized carbons (Fsp3) is 0.294. The molecule has 9 heteroatoms. The molecule has 3 N–H and O–H groups in total. The second-order valence-electron chi connectivity index (χ2n) is 5.62. The third-order valence-electron chi connectivity index (χ3n) is 3.65. The molecule has 0 unspecified atom stereocenters. The molecule has 1 aromatic carbocycles. The van der Waals surface area contributed by atoms with E-state index in [4.69, 9.17) is 0 Å². The average Bonchev–Trinajstić information content (AvgIpc) is 2.62. The van der Waals surface area contributed by atoms with Crippen LogP contribution in [-0.2, 0) is 0 Å². The molecule has 0 saturated carbocycles. The minimum atomic E-state index is -1.09. The number of benzene rings is 1. The van der Waals surface area contributed by atoms with Crippen molar-refractivity contribution in [2.45, 2.75) is 19.3 Å². The molecule has 0 radical (unpaired) electrons. The lowest BCUT2D eigenvalue weighted by Crippen LogP contribution is -2.25. The van der Waals surface area contributed by atoms with Crippen LogP contribution >= 0.6 is 0 Å². The fourth-order valence-corrected chi connectivity index (χ4v) is 2.35. The molecule has 138 valence electrons. The maximum Gasteiger partial charge on any atom is 0.357 e. The Bertz CT molecular complexity index is 871. The van der Waals surface area contributed by atoms with Crippen molar-refractivity contribution in [3.8, 4) is 0 Å². The zero-order valence-electron chi connectivity index (χ0n) is 14.0. The molecule has 8 nitrogen and oxygen atoms in total. The smallest absolute Gasteiger partial charge is 0.317 e. The summed E-state index contributed by atoms with van der Waals surface area (Å²) < 4.78 is 12.7. The van der Waals surface area contributed by atoms with Crippen LogP contribution in [0.4, 0.5) is 10.1 Å². The van der Waals surface area contributed by atoms with Gasteiger partial charge in [0.15, 0.2) is 0 Å². The van der Waals surface area contributed by atoms with Crippen molar-refractivity contribution in [2.24, 2.45) is 0 Å². The predicted octanol–water partition coefficient (Wildman–Crippen LogP) is 2.04. The summed E-state index contributed by atoms with van der Waals surface area (Å²) in [6, 6.07) is 5.33. The number of halogens is 1. The molecule has 26 heavy (non-hydrogen) atoms. The van der Waals surface area contributed by atoms with Crippen LogP contribution in [-0.4, -0.2) is 28.0 Å². The van der Waals surface area contributed by atoms with Gasteiger partial charge in [0.1, 0.15) is 11.5 Å². The average molecular weight is 362 g/mol. The number of aromatic nitrogens is 2. The van der Waals surface area contributed by atoms with Gasteiger partial charge < -0.3 is 10.3 Å². The Kier molecular flexibility index (Phi) is 6.98. The molecule has 1 aromatic heterocycles. The Balaban J connectivity index is 0.000000342. The van der Waals surface area contributed by atoms with Crippen LogP contribution in [0.25, 0.3) is 12.2 Å². The topological polar surface area (TPSA) is 121 Å². The molecule has 0 spiro atoms. The molecular weight excluding hydrogens is 343 g/mol. The first-order chi connectivity index (χ1) is 12.5. The molecule has 1 aliphatic rings. The molecule has 0 amide bonds. The van der Waals surface area contributed by atoms with Gasteiger partial charge >= 0.3 is 16.9 Å². The second kappa shape index (κ2) is 9.42. The zero-order valence-corrected chi connectivity index (χ0v) is 14.0. The normalized spacial score (nSPS) is 13.9. The highest BCUT2D eigenvalue weighted by Gasteiger charge is 2.18. The van der Waals surface area contributed by atoms with Crippen LogP contribution in [0.15, 0.2) is 33.9 Å². The van der Waals surface area contributed by atoms with E-state index in [-0.39, 0.29) is 5.69 Å². The van der Waals surface area contributed by atoms with Crippen LogP contribution < -0.4 is 16.6 Å². The molecule has 1 aliphatic heterocycles. The van der Waals surface area contributed by atoms with E-state index < -0.39 is 27.7 Å². The van der Waals surface area contributed by atoms with Crippen LogP contribution in [0.1, 0.15) is 30.5 Å². The van der Waals surface area contributed by atoms with Crippen molar-refractivity contribution in [1.29, 1.82) is 0 Å². The number of H-pyrrole nitrogens is 2. The van der Waals surface area contributed by atoms with E-state index in [1.54, 1.807) is 4.98 Å². The fourth-order valence-electron chi connectivity index (χ4n) is 2.35. The van der Waals surface area contributed by atoms with Crippen molar-refractivity contribution >= 4 is 17.8 Å². The number of piperidine rings is 1. The van der Waals surface area contributed by atoms with Crippen molar-refractivity contribution < 1.29 is 9.31 Å². The summed E-state index contributed by atoms with van der Waals surface area (Å²) in [5, 5.41) is 14.1. The summed E-state index contributed by atoms with van der Waals surface area (Å²) in [5.41, 5.74) is -2.37. The molecule has 1 fully saturated rings. The lowest BCUT2D eigenvalue weighted by Gasteiger charge is -2.08. The van der Waals surface area contributed by atoms with Crippen LogP contribution in [0.2, 0.25) is 0 Å². The van der Waals surface area contributed by atoms with Gasteiger partial charge in [-0.05, 0) is 49.7 Å². The van der Waals surface area contributed by atoms with Crippen molar-refractivity contribution in [1.82, 2.24) is 15.3 Å². The van der Waals surface area contributed by atoms with E-state index in [0.29, 0.717) is 5.56 Å². The van der Waals surface area contributed by atoms with E-state index in [2.05, 4.69) is 10.3 Å². The van der Waals surface area contributed by atoms with Crippen LogP contribution in [0.3, 0.4) is 0 Å². The van der Waals surface area contributed by atoms with E-state index in [1.165, 1.54) is 68.8 Å². The highest BCUT2D eigenvalue weighted by molar-refractivity contribution is 5.71. The van der Waals surface area contributed by atoms with Crippen LogP contribution in [0, 0.1) is 15.9 Å². The lowest BCUT2D eigenvalue weighted by atomic mass is 10.2. The van der Waals surface area contributed by atoms with Gasteiger partial charge in [-0.2, -0.15) is 0 Å². The Morgan fingerprint density at radius 3 is 2.15 bits per heavy atom. The van der Waals surface area contributed by atoms with E-state index in [9.17, 15) is 24.1 Å². The van der Waals surface area contributed by atoms with Gasteiger partial charge in [-0.1, -0.05) is 24.6 Å². The summed E-state index contributed by atoms with van der Waals surface area (Å²) >= 11 is 0. The SMILES string of the molecule is C1CCNCC1.O=c1[nH]c(/C=C/c2ccc(F)cc2)c([N+](=O)[O-])c(=O)[nH]1. The maximum atomic E-state index is 12.7. The number of nitrogens with one attached hydrogen (secondary N) is 3. The van der Waals surface area contributed by atoms with Gasteiger partial charge in [-0.15, -0.1) is 0 Å². The Morgan fingerprint density at radius 1 is 1.00 bits per heavy atom. The van der Waals surface area contributed by atoms with Gasteiger partial charge in [-0.3, -0.25) is 19.9 Å². The van der Waals surface area contributed by atoms with Gasteiger partial charge in [0.2, 0.25) is 0 Å². The van der Waals surface area contributed by atoms with E-state index in [0.717, 1.165) is 0 Å². The van der Waals surface area contributed by atoms with Crippen molar-refractivity contribution in [2.75, 3.05) is 13.1 Å². The largest absolute Gasteiger partial charge is 0.357 e. The molecule has 2 heterocycles. The van der Waals surface area contributed by atoms with Gasteiger partial charge in [0, 0.05) is 0 Å². The Morgan fingerprint density at radius 2 is 1.65 bits per heavy atom. The quantitative estimate of drug-likeness (QED) is 0.570. The minimum absolute atomic E-state index is 0.229. The Labute approximate surface area is 147 Å². The standard InChI is InChI=1S/C12H8FN3O4.C5H11N/c13-8-4-1-7(2-5-8)3-6-9-10(16(19)20)11(17)15-12(18)14-9;1-2-4-6-5-3-1/h1-6H,(H2,14,15,17,18);6H,1-5H2/b6-3+;. The van der Waals surface area contributed by atoms with Crippen molar-refractivity contribution in [3.63, 3.8) is 0 Å². The summed E-state index contributed by atoms with van der Waals surface area (Å²) in [7, 11) is 0. The first kappa shape index (κ1) is 19.3. The van der Waals surface area contributed by atoms with Gasteiger partial charge in [0.05, 0.1) is 4.92 Å². The van der Waals surface area contributed by atoms with E-state index >= 15 is 0 Å². The number of nitro groups is 1. The monoisotopic (exact) mass is 362 g/mol. The number of hydrogen-bond acceptors (Lipinski definition) is 5.